The molecule has 1 aromatic rings. The molecular formula is C7H7N3O. The molecule has 1 aliphatic rings. The van der Waals surface area contributed by atoms with E-state index in [1.54, 1.807) is 18.1 Å². The Morgan fingerprint density at radius 1 is 1.64 bits per heavy atom. The number of carbonyl (C=O) groups is 1. The normalized spacial score (nSPS) is 15.4. The van der Waals surface area contributed by atoms with Gasteiger partial charge in [-0.3, -0.25) is 4.79 Å². The summed E-state index contributed by atoms with van der Waals surface area (Å²) in [7, 11) is 1.73. The molecule has 0 radical (unpaired) electrons. The van der Waals surface area contributed by atoms with Crippen LogP contribution in [0.25, 0.3) is 0 Å². The van der Waals surface area contributed by atoms with Crippen LogP contribution in [0.2, 0.25) is 0 Å². The summed E-state index contributed by atoms with van der Waals surface area (Å²) in [6.07, 6.45) is 3.53. The van der Waals surface area contributed by atoms with Crippen LogP contribution in [0.1, 0.15) is 5.69 Å². The molecule has 1 aliphatic heterocycles. The molecule has 0 saturated heterocycles. The maximum absolute atomic E-state index is 11.1. The molecule has 56 valence electrons. The Labute approximate surface area is 63.9 Å². The first-order chi connectivity index (χ1) is 5.29. The minimum Gasteiger partial charge on any atom is -0.312 e. The van der Waals surface area contributed by atoms with E-state index in [9.17, 15) is 4.79 Å². The number of anilines is 1. The van der Waals surface area contributed by atoms with Gasteiger partial charge in [-0.05, 0) is 0 Å². The second kappa shape index (κ2) is 2.02. The Kier molecular flexibility index (Phi) is 1.15. The van der Waals surface area contributed by atoms with E-state index in [4.69, 9.17) is 0 Å². The first-order valence-corrected chi connectivity index (χ1v) is 3.34. The van der Waals surface area contributed by atoms with E-state index in [1.165, 1.54) is 6.33 Å². The van der Waals surface area contributed by atoms with Crippen LogP contribution >= 0.6 is 0 Å². The highest BCUT2D eigenvalue weighted by molar-refractivity contribution is 5.99. The van der Waals surface area contributed by atoms with Crippen molar-refractivity contribution in [3.05, 3.63) is 18.2 Å². The number of hydrogen-bond acceptors (Lipinski definition) is 3. The second-order valence-corrected chi connectivity index (χ2v) is 2.48. The smallest absolute Gasteiger partial charge is 0.232 e. The van der Waals surface area contributed by atoms with Crippen LogP contribution in [0, 0.1) is 0 Å². The Balaban J connectivity index is 2.55. The van der Waals surface area contributed by atoms with Crippen molar-refractivity contribution in [3.8, 4) is 0 Å². The van der Waals surface area contributed by atoms with Gasteiger partial charge in [0.25, 0.3) is 0 Å². The van der Waals surface area contributed by atoms with Gasteiger partial charge in [0, 0.05) is 7.05 Å². The van der Waals surface area contributed by atoms with E-state index in [1.807, 2.05) is 0 Å². The lowest BCUT2D eigenvalue weighted by atomic mass is 10.3. The molecule has 0 N–H and O–H groups in total. The molecule has 4 nitrogen and oxygen atoms in total. The number of fused-ring (bicyclic) bond motifs is 1. The molecule has 0 atom stereocenters. The first-order valence-electron chi connectivity index (χ1n) is 3.34. The van der Waals surface area contributed by atoms with Gasteiger partial charge in [0.05, 0.1) is 24.0 Å². The fourth-order valence-electron chi connectivity index (χ4n) is 1.16. The Morgan fingerprint density at radius 3 is 3.18 bits per heavy atom. The van der Waals surface area contributed by atoms with Crippen molar-refractivity contribution in [1.29, 1.82) is 0 Å². The molecule has 0 aliphatic carbocycles. The lowest BCUT2D eigenvalue weighted by Gasteiger charge is -2.06. The highest BCUT2D eigenvalue weighted by Gasteiger charge is 2.24. The first kappa shape index (κ1) is 6.27. The van der Waals surface area contributed by atoms with E-state index in [2.05, 4.69) is 9.97 Å². The van der Waals surface area contributed by atoms with Gasteiger partial charge in [-0.25, -0.2) is 9.97 Å². The number of hydrogen-bond donors (Lipinski definition) is 0. The maximum Gasteiger partial charge on any atom is 0.232 e. The SMILES string of the molecule is CN1C(=O)Cc2ncncc21. The molecule has 0 spiro atoms. The van der Waals surface area contributed by atoms with E-state index >= 15 is 0 Å². The standard InChI is InChI=1S/C7H7N3O/c1-10-6-3-8-4-9-5(6)2-7(10)11/h3-4H,2H2,1H3. The fraction of sp³-hybridized carbons (Fsp3) is 0.286. The number of amides is 1. The van der Waals surface area contributed by atoms with Crippen molar-refractivity contribution in [3.63, 3.8) is 0 Å². The molecule has 1 aromatic heterocycles. The highest BCUT2D eigenvalue weighted by atomic mass is 16.2. The molecule has 0 fully saturated rings. The highest BCUT2D eigenvalue weighted by Crippen LogP contribution is 2.23. The quantitative estimate of drug-likeness (QED) is 0.521. The number of likely N-dealkylation sites (N-methyl/N-ethyl adjacent to an activating group) is 1. The summed E-state index contributed by atoms with van der Waals surface area (Å²) >= 11 is 0. The van der Waals surface area contributed by atoms with Crippen LogP contribution in [-0.4, -0.2) is 22.9 Å². The van der Waals surface area contributed by atoms with Crippen LogP contribution in [0.15, 0.2) is 12.5 Å². The summed E-state index contributed by atoms with van der Waals surface area (Å²) in [4.78, 5) is 20.5. The third kappa shape index (κ3) is 0.790. The zero-order valence-corrected chi connectivity index (χ0v) is 6.11. The van der Waals surface area contributed by atoms with Gasteiger partial charge in [0.15, 0.2) is 0 Å². The van der Waals surface area contributed by atoms with Crippen LogP contribution in [0.4, 0.5) is 5.69 Å². The van der Waals surface area contributed by atoms with Gasteiger partial charge >= 0.3 is 0 Å². The third-order valence-electron chi connectivity index (χ3n) is 1.83. The number of nitrogens with zero attached hydrogens (tertiary/aromatic N) is 3. The summed E-state index contributed by atoms with van der Waals surface area (Å²) in [6, 6.07) is 0. The lowest BCUT2D eigenvalue weighted by molar-refractivity contribution is -0.117. The van der Waals surface area contributed by atoms with Crippen molar-refractivity contribution in [2.24, 2.45) is 0 Å². The summed E-state index contributed by atoms with van der Waals surface area (Å²) in [6.45, 7) is 0. The van der Waals surface area contributed by atoms with E-state index in [0.717, 1.165) is 11.4 Å². The largest absolute Gasteiger partial charge is 0.312 e. The van der Waals surface area contributed by atoms with Crippen molar-refractivity contribution in [2.75, 3.05) is 11.9 Å². The van der Waals surface area contributed by atoms with Gasteiger partial charge in [-0.15, -0.1) is 0 Å². The third-order valence-corrected chi connectivity index (χ3v) is 1.83. The molecule has 0 aromatic carbocycles. The maximum atomic E-state index is 11.1. The van der Waals surface area contributed by atoms with Crippen LogP contribution in [-0.2, 0) is 11.2 Å². The lowest BCUT2D eigenvalue weighted by Crippen LogP contribution is -2.20. The Bertz CT molecular complexity index is 310. The summed E-state index contributed by atoms with van der Waals surface area (Å²) in [5.41, 5.74) is 1.66. The second-order valence-electron chi connectivity index (χ2n) is 2.48. The Morgan fingerprint density at radius 2 is 2.45 bits per heavy atom. The van der Waals surface area contributed by atoms with E-state index < -0.39 is 0 Å². The molecule has 0 saturated carbocycles. The van der Waals surface area contributed by atoms with Crippen molar-refractivity contribution in [1.82, 2.24) is 9.97 Å². The molecule has 1 amide bonds. The molecule has 0 unspecified atom stereocenters. The molecule has 0 bridgehead atoms. The minimum atomic E-state index is 0.0838. The van der Waals surface area contributed by atoms with Crippen LogP contribution < -0.4 is 4.90 Å². The fourth-order valence-corrected chi connectivity index (χ4v) is 1.16. The predicted octanol–water partition coefficient (Wildman–Crippen LogP) is -0.00450. The zero-order chi connectivity index (χ0) is 7.84. The van der Waals surface area contributed by atoms with Gasteiger partial charge in [-0.1, -0.05) is 0 Å². The van der Waals surface area contributed by atoms with Gasteiger partial charge in [0.1, 0.15) is 6.33 Å². The van der Waals surface area contributed by atoms with Crippen molar-refractivity contribution in [2.45, 2.75) is 6.42 Å². The van der Waals surface area contributed by atoms with Crippen molar-refractivity contribution < 1.29 is 4.79 Å². The van der Waals surface area contributed by atoms with Gasteiger partial charge in [0.2, 0.25) is 5.91 Å². The summed E-state index contributed by atoms with van der Waals surface area (Å²) in [5, 5.41) is 0. The monoisotopic (exact) mass is 149 g/mol. The number of aromatic nitrogens is 2. The van der Waals surface area contributed by atoms with Crippen LogP contribution in [0.3, 0.4) is 0 Å². The number of carbonyl (C=O) groups excluding carboxylic acids is 1. The van der Waals surface area contributed by atoms with Gasteiger partial charge in [-0.2, -0.15) is 0 Å². The molecular weight excluding hydrogens is 142 g/mol. The molecule has 11 heavy (non-hydrogen) atoms. The molecule has 4 heteroatoms. The molecule has 2 rings (SSSR count). The topological polar surface area (TPSA) is 46.1 Å². The van der Waals surface area contributed by atoms with E-state index in [-0.39, 0.29) is 5.91 Å². The van der Waals surface area contributed by atoms with E-state index in [0.29, 0.717) is 6.42 Å². The van der Waals surface area contributed by atoms with Gasteiger partial charge < -0.3 is 4.90 Å². The summed E-state index contributed by atoms with van der Waals surface area (Å²) in [5.74, 6) is 0.0838. The Hall–Kier alpha value is -1.45. The minimum absolute atomic E-state index is 0.0838. The average molecular weight is 149 g/mol. The summed E-state index contributed by atoms with van der Waals surface area (Å²) < 4.78 is 0. The number of rotatable bonds is 0. The average Bonchev–Trinajstić information content (AvgIpc) is 2.30. The van der Waals surface area contributed by atoms with Crippen LogP contribution in [0.5, 0.6) is 0 Å². The van der Waals surface area contributed by atoms with Crippen molar-refractivity contribution >= 4 is 11.6 Å². The molecule has 2 heterocycles. The zero-order valence-electron chi connectivity index (χ0n) is 6.11. The predicted molar refractivity (Wildman–Crippen MR) is 39.1 cm³/mol.